The topological polar surface area (TPSA) is 61.4 Å². The van der Waals surface area contributed by atoms with Crippen LogP contribution < -0.4 is 10.6 Å². The van der Waals surface area contributed by atoms with Crippen molar-refractivity contribution in [3.63, 3.8) is 0 Å². The minimum atomic E-state index is -0.269. The van der Waals surface area contributed by atoms with E-state index in [1.54, 1.807) is 16.7 Å². The van der Waals surface area contributed by atoms with Gasteiger partial charge in [-0.1, -0.05) is 19.8 Å². The van der Waals surface area contributed by atoms with Gasteiger partial charge in [-0.25, -0.2) is 0 Å². The van der Waals surface area contributed by atoms with Crippen molar-refractivity contribution in [1.29, 1.82) is 0 Å². The summed E-state index contributed by atoms with van der Waals surface area (Å²) in [6.45, 7) is 4.51. The lowest BCUT2D eigenvalue weighted by atomic mass is 10.1. The number of thioether (sulfide) groups is 1. The molecule has 0 aromatic carbocycles. The number of hydrogen-bond donors (Lipinski definition) is 2. The summed E-state index contributed by atoms with van der Waals surface area (Å²) in [7, 11) is 0. The third kappa shape index (κ3) is 5.32. The first-order valence-corrected chi connectivity index (χ1v) is 9.26. The van der Waals surface area contributed by atoms with Gasteiger partial charge in [-0.2, -0.15) is 0 Å². The molecule has 128 valence electrons. The zero-order chi connectivity index (χ0) is 15.1. The second-order valence-electron chi connectivity index (χ2n) is 5.85. The smallest absolute Gasteiger partial charge is 0.243 e. The molecule has 0 aromatic heterocycles. The van der Waals surface area contributed by atoms with Crippen molar-refractivity contribution in [3.05, 3.63) is 0 Å². The quantitative estimate of drug-likeness (QED) is 0.686. The highest BCUT2D eigenvalue weighted by Gasteiger charge is 2.38. The van der Waals surface area contributed by atoms with E-state index in [0.29, 0.717) is 12.4 Å². The Kier molecular flexibility index (Phi) is 9.21. The van der Waals surface area contributed by atoms with Crippen LogP contribution in [0.4, 0.5) is 0 Å². The van der Waals surface area contributed by atoms with Gasteiger partial charge in [0.1, 0.15) is 6.04 Å². The molecule has 2 amide bonds. The Labute approximate surface area is 143 Å². The molecule has 0 spiro atoms. The Morgan fingerprint density at radius 3 is 2.59 bits per heavy atom. The van der Waals surface area contributed by atoms with Crippen LogP contribution in [0.25, 0.3) is 0 Å². The molecule has 2 rings (SSSR count). The molecule has 1 atom stereocenters. The molecule has 2 fully saturated rings. The molecule has 7 heteroatoms. The summed E-state index contributed by atoms with van der Waals surface area (Å²) in [5.74, 6) is 1.75. The van der Waals surface area contributed by atoms with Crippen molar-refractivity contribution in [2.45, 2.75) is 45.1 Å². The van der Waals surface area contributed by atoms with Crippen molar-refractivity contribution in [3.8, 4) is 0 Å². The lowest BCUT2D eigenvalue weighted by Gasteiger charge is -2.25. The zero-order valence-electron chi connectivity index (χ0n) is 13.3. The van der Waals surface area contributed by atoms with E-state index in [4.69, 9.17) is 0 Å². The standard InChI is InChI=1S/C15H27N3O2S.ClH/c1-2-7-16-8-9-17-14(19)13-10-21-11-18(13)15(20)12-5-3-4-6-12;/h12-13,16H,2-11H2,1H3,(H,17,19);1H. The molecule has 0 aromatic rings. The van der Waals surface area contributed by atoms with E-state index in [2.05, 4.69) is 17.6 Å². The Morgan fingerprint density at radius 2 is 1.91 bits per heavy atom. The number of nitrogens with zero attached hydrogens (tertiary/aromatic N) is 1. The van der Waals surface area contributed by atoms with Crippen molar-refractivity contribution in [2.75, 3.05) is 31.3 Å². The molecule has 5 nitrogen and oxygen atoms in total. The Bertz CT molecular complexity index is 365. The third-order valence-corrected chi connectivity index (χ3v) is 5.21. The minimum Gasteiger partial charge on any atom is -0.353 e. The van der Waals surface area contributed by atoms with Crippen molar-refractivity contribution in [2.24, 2.45) is 5.92 Å². The fourth-order valence-electron chi connectivity index (χ4n) is 2.98. The number of halogens is 1. The van der Waals surface area contributed by atoms with E-state index in [0.717, 1.165) is 50.9 Å². The SMILES string of the molecule is CCCNCCNC(=O)C1CSCN1C(=O)C1CCCC1.Cl. The highest BCUT2D eigenvalue weighted by molar-refractivity contribution is 7.99. The molecule has 0 bridgehead atoms. The molecular weight excluding hydrogens is 322 g/mol. The first-order valence-electron chi connectivity index (χ1n) is 8.10. The van der Waals surface area contributed by atoms with E-state index >= 15 is 0 Å². The van der Waals surface area contributed by atoms with Crippen LogP contribution in [0.3, 0.4) is 0 Å². The van der Waals surface area contributed by atoms with Gasteiger partial charge in [-0.15, -0.1) is 24.2 Å². The minimum absolute atomic E-state index is 0. The maximum atomic E-state index is 12.5. The monoisotopic (exact) mass is 349 g/mol. The number of nitrogens with one attached hydrogen (secondary N) is 2. The lowest BCUT2D eigenvalue weighted by molar-refractivity contribution is -0.141. The second kappa shape index (κ2) is 10.3. The first-order chi connectivity index (χ1) is 10.2. The van der Waals surface area contributed by atoms with E-state index < -0.39 is 0 Å². The van der Waals surface area contributed by atoms with Crippen LogP contribution in [-0.4, -0.2) is 54.0 Å². The first kappa shape index (κ1) is 19.6. The lowest BCUT2D eigenvalue weighted by Crippen LogP contribution is -2.49. The van der Waals surface area contributed by atoms with E-state index in [-0.39, 0.29) is 36.2 Å². The molecule has 22 heavy (non-hydrogen) atoms. The molecule has 1 unspecified atom stereocenters. The number of hydrogen-bond acceptors (Lipinski definition) is 4. The van der Waals surface area contributed by atoms with Gasteiger partial charge in [-0.3, -0.25) is 9.59 Å². The van der Waals surface area contributed by atoms with Gasteiger partial charge >= 0.3 is 0 Å². The fraction of sp³-hybridized carbons (Fsp3) is 0.867. The van der Waals surface area contributed by atoms with Gasteiger partial charge in [-0.05, 0) is 25.8 Å². The summed E-state index contributed by atoms with van der Waals surface area (Å²) in [6, 6.07) is -0.269. The molecule has 1 saturated heterocycles. The van der Waals surface area contributed by atoms with Gasteiger partial charge in [0.25, 0.3) is 0 Å². The highest BCUT2D eigenvalue weighted by Crippen LogP contribution is 2.30. The van der Waals surface area contributed by atoms with Crippen LogP contribution in [0.5, 0.6) is 0 Å². The van der Waals surface area contributed by atoms with Crippen LogP contribution in [0, 0.1) is 5.92 Å². The highest BCUT2D eigenvalue weighted by atomic mass is 35.5. The number of carbonyl (C=O) groups is 2. The predicted molar refractivity (Wildman–Crippen MR) is 93.3 cm³/mol. The zero-order valence-corrected chi connectivity index (χ0v) is 14.9. The van der Waals surface area contributed by atoms with Gasteiger partial charge in [0, 0.05) is 24.8 Å². The number of rotatable bonds is 7. The molecule has 1 aliphatic carbocycles. The molecule has 1 saturated carbocycles. The van der Waals surface area contributed by atoms with Crippen LogP contribution >= 0.6 is 24.2 Å². The fourth-order valence-corrected chi connectivity index (χ4v) is 4.14. The third-order valence-electron chi connectivity index (χ3n) is 4.20. The number of amides is 2. The molecular formula is C15H28ClN3O2S. The second-order valence-corrected chi connectivity index (χ2v) is 6.85. The average molecular weight is 350 g/mol. The Hall–Kier alpha value is -0.460. The molecule has 0 radical (unpaired) electrons. The van der Waals surface area contributed by atoms with Gasteiger partial charge < -0.3 is 15.5 Å². The summed E-state index contributed by atoms with van der Waals surface area (Å²) in [6.07, 6.45) is 5.39. The van der Waals surface area contributed by atoms with Crippen LogP contribution in [0.1, 0.15) is 39.0 Å². The molecule has 1 aliphatic heterocycles. The van der Waals surface area contributed by atoms with Crippen molar-refractivity contribution < 1.29 is 9.59 Å². The van der Waals surface area contributed by atoms with Gasteiger partial charge in [0.2, 0.25) is 11.8 Å². The summed E-state index contributed by atoms with van der Waals surface area (Å²) in [5.41, 5.74) is 0. The molecule has 2 aliphatic rings. The molecule has 2 N–H and O–H groups in total. The maximum absolute atomic E-state index is 12.5. The van der Waals surface area contributed by atoms with E-state index in [9.17, 15) is 9.59 Å². The Balaban J connectivity index is 0.00000242. The maximum Gasteiger partial charge on any atom is 0.243 e. The van der Waals surface area contributed by atoms with E-state index in [1.165, 1.54) is 0 Å². The van der Waals surface area contributed by atoms with Crippen molar-refractivity contribution in [1.82, 2.24) is 15.5 Å². The molecule has 1 heterocycles. The van der Waals surface area contributed by atoms with Crippen LogP contribution in [0.2, 0.25) is 0 Å². The van der Waals surface area contributed by atoms with Gasteiger partial charge in [0.15, 0.2) is 0 Å². The van der Waals surface area contributed by atoms with Crippen LogP contribution in [-0.2, 0) is 9.59 Å². The normalized spacial score (nSPS) is 21.7. The summed E-state index contributed by atoms with van der Waals surface area (Å²) >= 11 is 1.68. The van der Waals surface area contributed by atoms with Gasteiger partial charge in [0.05, 0.1) is 5.88 Å². The van der Waals surface area contributed by atoms with E-state index in [1.807, 2.05) is 0 Å². The summed E-state index contributed by atoms with van der Waals surface area (Å²) < 4.78 is 0. The largest absolute Gasteiger partial charge is 0.353 e. The number of carbonyl (C=O) groups excluding carboxylic acids is 2. The van der Waals surface area contributed by atoms with Crippen LogP contribution in [0.15, 0.2) is 0 Å². The summed E-state index contributed by atoms with van der Waals surface area (Å²) in [4.78, 5) is 26.6. The predicted octanol–water partition coefficient (Wildman–Crippen LogP) is 1.62. The Morgan fingerprint density at radius 1 is 1.18 bits per heavy atom. The average Bonchev–Trinajstić information content (AvgIpc) is 3.17. The summed E-state index contributed by atoms with van der Waals surface area (Å²) in [5, 5.41) is 6.21. The van der Waals surface area contributed by atoms with Crippen molar-refractivity contribution >= 4 is 36.0 Å².